The number of phenolic OH excluding ortho intramolecular Hbond substituents is 1. The molecule has 3 N–H and O–H groups in total. The molecule has 2 aromatic heterocycles. The molecule has 160 valence electrons. The van der Waals surface area contributed by atoms with Gasteiger partial charge in [0, 0.05) is 72.7 Å². The summed E-state index contributed by atoms with van der Waals surface area (Å²) in [7, 11) is 0. The maximum absolute atomic E-state index is 12.4. The third-order valence-corrected chi connectivity index (χ3v) is 5.24. The lowest BCUT2D eigenvalue weighted by atomic mass is 10.0. The fourth-order valence-corrected chi connectivity index (χ4v) is 3.54. The molecule has 0 unspecified atom stereocenters. The number of hydrogen-bond acceptors (Lipinski definition) is 6. The summed E-state index contributed by atoms with van der Waals surface area (Å²) in [4.78, 5) is 18.8. The first-order chi connectivity index (χ1) is 15.1. The highest BCUT2D eigenvalue weighted by Crippen LogP contribution is 2.26. The summed E-state index contributed by atoms with van der Waals surface area (Å²) in [5.74, 6) is -0.128. The van der Waals surface area contributed by atoms with Crippen molar-refractivity contribution < 1.29 is 14.6 Å². The first kappa shape index (κ1) is 20.8. The second-order valence-corrected chi connectivity index (χ2v) is 7.40. The molecule has 8 nitrogen and oxygen atoms in total. The number of ether oxygens (including phenoxy) is 1. The van der Waals surface area contributed by atoms with Crippen molar-refractivity contribution in [3.8, 4) is 16.9 Å². The van der Waals surface area contributed by atoms with Crippen molar-refractivity contribution >= 4 is 17.7 Å². The number of pyridine rings is 1. The van der Waals surface area contributed by atoms with Gasteiger partial charge in [-0.1, -0.05) is 6.07 Å². The molecule has 3 aromatic rings. The third kappa shape index (κ3) is 5.17. The smallest absolute Gasteiger partial charge is 0.248 e. The molecule has 0 radical (unpaired) electrons. The van der Waals surface area contributed by atoms with Crippen molar-refractivity contribution in [3.05, 3.63) is 65.8 Å². The Morgan fingerprint density at radius 3 is 2.87 bits per heavy atom. The highest BCUT2D eigenvalue weighted by atomic mass is 16.5. The van der Waals surface area contributed by atoms with E-state index in [4.69, 9.17) is 4.74 Å². The number of aromatic amines is 1. The third-order valence-electron chi connectivity index (χ3n) is 5.24. The number of anilines is 1. The molecule has 0 aliphatic carbocycles. The van der Waals surface area contributed by atoms with Crippen LogP contribution in [-0.4, -0.2) is 57.4 Å². The van der Waals surface area contributed by atoms with Gasteiger partial charge in [0.1, 0.15) is 5.75 Å². The zero-order valence-electron chi connectivity index (χ0n) is 17.3. The molecule has 1 aromatic carbocycles. The molecule has 4 rings (SSSR count). The molecule has 31 heavy (non-hydrogen) atoms. The zero-order valence-corrected chi connectivity index (χ0v) is 17.3. The summed E-state index contributed by atoms with van der Waals surface area (Å²) < 4.78 is 5.35. The second kappa shape index (κ2) is 9.55. The van der Waals surface area contributed by atoms with Gasteiger partial charge >= 0.3 is 0 Å². The lowest BCUT2D eigenvalue weighted by molar-refractivity contribution is -0.111. The number of phenols is 1. The van der Waals surface area contributed by atoms with E-state index in [0.717, 1.165) is 41.0 Å². The number of H-pyrrole nitrogens is 1. The Morgan fingerprint density at radius 2 is 2.13 bits per heavy atom. The van der Waals surface area contributed by atoms with Crippen LogP contribution in [0.3, 0.4) is 0 Å². The lowest BCUT2D eigenvalue weighted by Gasteiger charge is -2.26. The fourth-order valence-electron chi connectivity index (χ4n) is 3.54. The summed E-state index contributed by atoms with van der Waals surface area (Å²) in [6, 6.07) is 7.10. The van der Waals surface area contributed by atoms with E-state index in [0.29, 0.717) is 25.4 Å². The number of morpholine rings is 1. The van der Waals surface area contributed by atoms with Crippen LogP contribution in [0.4, 0.5) is 5.69 Å². The van der Waals surface area contributed by atoms with Crippen LogP contribution >= 0.6 is 0 Å². The highest BCUT2D eigenvalue weighted by molar-refractivity contribution is 6.02. The van der Waals surface area contributed by atoms with E-state index in [-0.39, 0.29) is 11.7 Å². The number of amides is 1. The number of aromatic nitrogens is 3. The van der Waals surface area contributed by atoms with Crippen LogP contribution in [0.25, 0.3) is 17.2 Å². The fraction of sp³-hybridized carbons (Fsp3) is 0.261. The number of hydrogen-bond donors (Lipinski definition) is 3. The molecular weight excluding hydrogens is 394 g/mol. The number of carbonyl (C=O) groups is 1. The molecule has 3 heterocycles. The normalized spacial score (nSPS) is 14.7. The molecule has 0 atom stereocenters. The molecule has 1 fully saturated rings. The number of nitrogens with zero attached hydrogens (tertiary/aromatic N) is 3. The molecule has 1 aliphatic heterocycles. The van der Waals surface area contributed by atoms with Crippen LogP contribution < -0.4 is 5.32 Å². The Kier molecular flexibility index (Phi) is 6.40. The minimum atomic E-state index is -0.293. The van der Waals surface area contributed by atoms with E-state index >= 15 is 0 Å². The van der Waals surface area contributed by atoms with Gasteiger partial charge in [-0.15, -0.1) is 0 Å². The standard InChI is InChI=1S/C23H25N5O3/c1-16-21(14-25-27-16)20-6-7-24-13-17(20)3-5-23(30)26-19-4-2-18(22(29)12-19)15-28-8-10-31-11-9-28/h2-7,12-14,29H,8-11,15H2,1H3,(H,25,27)(H,26,30)/b5-3+. The summed E-state index contributed by atoms with van der Waals surface area (Å²) in [5, 5.41) is 20.2. The van der Waals surface area contributed by atoms with Crippen molar-refractivity contribution in [2.45, 2.75) is 13.5 Å². The molecule has 1 saturated heterocycles. The Labute approximate surface area is 180 Å². The summed E-state index contributed by atoms with van der Waals surface area (Å²) in [5.41, 5.74) is 4.95. The van der Waals surface area contributed by atoms with Crippen LogP contribution in [0.15, 0.2) is 48.9 Å². The molecular formula is C23H25N5O3. The van der Waals surface area contributed by atoms with Crippen LogP contribution in [0.5, 0.6) is 5.75 Å². The Hall–Kier alpha value is -3.49. The minimum Gasteiger partial charge on any atom is -0.508 e. The van der Waals surface area contributed by atoms with Crippen LogP contribution in [0.1, 0.15) is 16.8 Å². The second-order valence-electron chi connectivity index (χ2n) is 7.40. The largest absolute Gasteiger partial charge is 0.508 e. The number of nitrogens with one attached hydrogen (secondary N) is 2. The lowest BCUT2D eigenvalue weighted by Crippen LogP contribution is -2.35. The summed E-state index contributed by atoms with van der Waals surface area (Å²) in [6.45, 7) is 5.68. The van der Waals surface area contributed by atoms with Crippen LogP contribution in [0, 0.1) is 6.92 Å². The van der Waals surface area contributed by atoms with Gasteiger partial charge in [0.25, 0.3) is 0 Å². The Morgan fingerprint density at radius 1 is 1.29 bits per heavy atom. The predicted octanol–water partition coefficient (Wildman–Crippen LogP) is 2.97. The van der Waals surface area contributed by atoms with Crippen LogP contribution in [0.2, 0.25) is 0 Å². The quantitative estimate of drug-likeness (QED) is 0.531. The summed E-state index contributed by atoms with van der Waals surface area (Å²) >= 11 is 0. The first-order valence-corrected chi connectivity index (χ1v) is 10.2. The number of benzene rings is 1. The highest BCUT2D eigenvalue weighted by Gasteiger charge is 2.13. The zero-order chi connectivity index (χ0) is 21.6. The van der Waals surface area contributed by atoms with Gasteiger partial charge in [-0.3, -0.25) is 19.8 Å². The number of rotatable bonds is 6. The van der Waals surface area contributed by atoms with Crippen LogP contribution in [-0.2, 0) is 16.1 Å². The van der Waals surface area contributed by atoms with Gasteiger partial charge in [0.2, 0.25) is 5.91 Å². The van der Waals surface area contributed by atoms with Gasteiger partial charge in [-0.2, -0.15) is 5.10 Å². The SMILES string of the molecule is Cc1n[nH]cc1-c1ccncc1/C=C/C(=O)Nc1ccc(CN2CCOCC2)c(O)c1. The average Bonchev–Trinajstić information content (AvgIpc) is 3.21. The van der Waals surface area contributed by atoms with Gasteiger partial charge in [0.15, 0.2) is 0 Å². The van der Waals surface area contributed by atoms with Crippen molar-refractivity contribution in [1.29, 1.82) is 0 Å². The van der Waals surface area contributed by atoms with Gasteiger partial charge in [-0.05, 0) is 30.7 Å². The van der Waals surface area contributed by atoms with E-state index in [9.17, 15) is 9.90 Å². The number of carbonyl (C=O) groups excluding carboxylic acids is 1. The maximum atomic E-state index is 12.4. The molecule has 1 aliphatic rings. The average molecular weight is 419 g/mol. The van der Waals surface area contributed by atoms with E-state index in [1.54, 1.807) is 30.6 Å². The number of aromatic hydroxyl groups is 1. The monoisotopic (exact) mass is 419 g/mol. The number of aryl methyl sites for hydroxylation is 1. The molecule has 0 saturated carbocycles. The maximum Gasteiger partial charge on any atom is 0.248 e. The predicted molar refractivity (Wildman–Crippen MR) is 118 cm³/mol. The van der Waals surface area contributed by atoms with Gasteiger partial charge in [-0.25, -0.2) is 0 Å². The Bertz CT molecular complexity index is 1090. The van der Waals surface area contributed by atoms with Gasteiger partial charge in [0.05, 0.1) is 18.9 Å². The Balaban J connectivity index is 1.42. The molecule has 0 bridgehead atoms. The topological polar surface area (TPSA) is 103 Å². The van der Waals surface area contributed by atoms with Crippen molar-refractivity contribution in [1.82, 2.24) is 20.1 Å². The summed E-state index contributed by atoms with van der Waals surface area (Å²) in [6.07, 6.45) is 8.41. The minimum absolute atomic E-state index is 0.165. The van der Waals surface area contributed by atoms with Crippen molar-refractivity contribution in [2.75, 3.05) is 31.6 Å². The van der Waals surface area contributed by atoms with E-state index in [1.165, 1.54) is 6.08 Å². The van der Waals surface area contributed by atoms with Crippen molar-refractivity contribution in [2.24, 2.45) is 0 Å². The van der Waals surface area contributed by atoms with Gasteiger partial charge < -0.3 is 15.2 Å². The first-order valence-electron chi connectivity index (χ1n) is 10.2. The van der Waals surface area contributed by atoms with Crippen molar-refractivity contribution in [3.63, 3.8) is 0 Å². The molecule has 1 amide bonds. The van der Waals surface area contributed by atoms with E-state index in [2.05, 4.69) is 25.4 Å². The van der Waals surface area contributed by atoms with E-state index < -0.39 is 0 Å². The van der Waals surface area contributed by atoms with E-state index in [1.807, 2.05) is 25.3 Å². The molecule has 8 heteroatoms. The molecule has 0 spiro atoms.